The van der Waals surface area contributed by atoms with Crippen LogP contribution in [0.15, 0.2) is 23.2 Å². The molecule has 3 aliphatic heterocycles. The molecule has 88 valence electrons. The van der Waals surface area contributed by atoms with Crippen molar-refractivity contribution in [2.24, 2.45) is 4.99 Å². The lowest BCUT2D eigenvalue weighted by atomic mass is 9.98. The molecule has 0 amide bonds. The first-order valence-corrected chi connectivity index (χ1v) is 6.27. The zero-order valence-electron chi connectivity index (χ0n) is 9.63. The number of nitrogens with zero attached hydrogens (tertiary/aromatic N) is 3. The Hall–Kier alpha value is -1.71. The quantitative estimate of drug-likeness (QED) is 0.736. The summed E-state index contributed by atoms with van der Waals surface area (Å²) in [4.78, 5) is 9.43. The second kappa shape index (κ2) is 3.15. The summed E-state index contributed by atoms with van der Waals surface area (Å²) in [6.45, 7) is 3.14. The van der Waals surface area contributed by atoms with Gasteiger partial charge in [0.1, 0.15) is 5.75 Å². The lowest BCUT2D eigenvalue weighted by Gasteiger charge is -2.30. The fourth-order valence-corrected chi connectivity index (χ4v) is 3.19. The Bertz CT molecular complexity index is 511. The zero-order chi connectivity index (χ0) is 11.4. The van der Waals surface area contributed by atoms with Crippen LogP contribution in [0.3, 0.4) is 0 Å². The van der Waals surface area contributed by atoms with Crippen molar-refractivity contribution in [3.05, 3.63) is 23.8 Å². The highest BCUT2D eigenvalue weighted by molar-refractivity contribution is 6.01. The molecule has 0 saturated carbocycles. The molecule has 17 heavy (non-hydrogen) atoms. The molecule has 1 aromatic rings. The van der Waals surface area contributed by atoms with E-state index in [4.69, 9.17) is 4.99 Å². The van der Waals surface area contributed by atoms with Crippen LogP contribution in [0, 0.1) is 0 Å². The summed E-state index contributed by atoms with van der Waals surface area (Å²) in [7, 11) is 0. The van der Waals surface area contributed by atoms with Gasteiger partial charge in [0, 0.05) is 25.2 Å². The number of hydrogen-bond acceptors (Lipinski definition) is 4. The maximum Gasteiger partial charge on any atom is 0.201 e. The van der Waals surface area contributed by atoms with Gasteiger partial charge in [-0.2, -0.15) is 0 Å². The third-order valence-electron chi connectivity index (χ3n) is 3.98. The molecule has 1 fully saturated rings. The topological polar surface area (TPSA) is 39.1 Å². The third-order valence-corrected chi connectivity index (χ3v) is 3.98. The number of phenolic OH excluding ortho intramolecular Hbond substituents is 1. The van der Waals surface area contributed by atoms with Crippen molar-refractivity contribution in [3.8, 4) is 5.75 Å². The van der Waals surface area contributed by atoms with Gasteiger partial charge in [-0.1, -0.05) is 6.07 Å². The number of benzene rings is 1. The number of rotatable bonds is 0. The second-order valence-corrected chi connectivity index (χ2v) is 4.94. The Morgan fingerprint density at radius 1 is 1.24 bits per heavy atom. The van der Waals surface area contributed by atoms with E-state index in [-0.39, 0.29) is 6.04 Å². The molecule has 1 aromatic carbocycles. The summed E-state index contributed by atoms with van der Waals surface area (Å²) in [6, 6.07) is 5.96. The minimum Gasteiger partial charge on any atom is -0.508 e. The van der Waals surface area contributed by atoms with E-state index in [0.29, 0.717) is 5.75 Å². The predicted octanol–water partition coefficient (Wildman–Crippen LogP) is 1.72. The molecule has 0 spiro atoms. The first kappa shape index (κ1) is 9.33. The number of hydrogen-bond donors (Lipinski definition) is 1. The summed E-state index contributed by atoms with van der Waals surface area (Å²) in [6.07, 6.45) is 2.19. The van der Waals surface area contributed by atoms with Crippen molar-refractivity contribution < 1.29 is 5.11 Å². The molecular weight excluding hydrogens is 214 g/mol. The lowest BCUT2D eigenvalue weighted by molar-refractivity contribution is 0.442. The van der Waals surface area contributed by atoms with Gasteiger partial charge >= 0.3 is 0 Å². The highest BCUT2D eigenvalue weighted by atomic mass is 16.3. The van der Waals surface area contributed by atoms with Gasteiger partial charge in [0.25, 0.3) is 0 Å². The van der Waals surface area contributed by atoms with E-state index in [9.17, 15) is 5.11 Å². The molecule has 2 bridgehead atoms. The molecule has 1 atom stereocenters. The van der Waals surface area contributed by atoms with E-state index in [1.165, 1.54) is 0 Å². The third kappa shape index (κ3) is 1.15. The largest absolute Gasteiger partial charge is 0.508 e. The van der Waals surface area contributed by atoms with Gasteiger partial charge in [0.05, 0.1) is 11.7 Å². The van der Waals surface area contributed by atoms with Crippen molar-refractivity contribution in [2.75, 3.05) is 24.5 Å². The molecule has 0 aromatic heterocycles. The van der Waals surface area contributed by atoms with Crippen molar-refractivity contribution in [1.82, 2.24) is 4.90 Å². The molecule has 0 radical (unpaired) electrons. The van der Waals surface area contributed by atoms with Gasteiger partial charge in [0.2, 0.25) is 5.96 Å². The van der Waals surface area contributed by atoms with Crippen LogP contribution in [-0.2, 0) is 0 Å². The summed E-state index contributed by atoms with van der Waals surface area (Å²) < 4.78 is 0. The molecule has 1 N–H and O–H groups in total. The van der Waals surface area contributed by atoms with Gasteiger partial charge < -0.3 is 14.9 Å². The van der Waals surface area contributed by atoms with Crippen LogP contribution in [0.2, 0.25) is 0 Å². The Morgan fingerprint density at radius 3 is 3.12 bits per heavy atom. The molecular formula is C13H15N3O. The molecule has 1 unspecified atom stereocenters. The fraction of sp³-hybridized carbons (Fsp3) is 0.462. The Balaban J connectivity index is 1.95. The minimum atomic E-state index is 0.153. The van der Waals surface area contributed by atoms with Crippen LogP contribution in [0.4, 0.5) is 5.69 Å². The Kier molecular flexibility index (Phi) is 1.73. The van der Waals surface area contributed by atoms with Crippen LogP contribution in [0.1, 0.15) is 24.4 Å². The van der Waals surface area contributed by atoms with Gasteiger partial charge in [-0.25, -0.2) is 4.99 Å². The predicted molar refractivity (Wildman–Crippen MR) is 66.4 cm³/mol. The molecule has 4 rings (SSSR count). The maximum atomic E-state index is 10.1. The standard InChI is InChI=1S/C13H15N3O/c17-11-5-1-4-10-12(11)9-3-2-6-15-7-8-16(10)13(15)14-9/h1,4-5,9,17H,2-3,6-8H2. The smallest absolute Gasteiger partial charge is 0.201 e. The fourth-order valence-electron chi connectivity index (χ4n) is 3.19. The number of anilines is 1. The van der Waals surface area contributed by atoms with E-state index in [1.807, 2.05) is 6.07 Å². The minimum absolute atomic E-state index is 0.153. The second-order valence-electron chi connectivity index (χ2n) is 4.94. The normalized spacial score (nSPS) is 25.4. The Morgan fingerprint density at radius 2 is 2.18 bits per heavy atom. The summed E-state index contributed by atoms with van der Waals surface area (Å²) in [5.74, 6) is 1.52. The Labute approximate surface area is 100 Å². The molecule has 3 heterocycles. The monoisotopic (exact) mass is 229 g/mol. The first-order chi connectivity index (χ1) is 8.34. The number of phenols is 1. The van der Waals surface area contributed by atoms with E-state index in [2.05, 4.69) is 15.9 Å². The van der Waals surface area contributed by atoms with Crippen LogP contribution < -0.4 is 4.90 Å². The first-order valence-electron chi connectivity index (χ1n) is 6.27. The lowest BCUT2D eigenvalue weighted by Crippen LogP contribution is -2.35. The van der Waals surface area contributed by atoms with Crippen LogP contribution >= 0.6 is 0 Å². The van der Waals surface area contributed by atoms with E-state index < -0.39 is 0 Å². The van der Waals surface area contributed by atoms with Crippen molar-refractivity contribution in [3.63, 3.8) is 0 Å². The highest BCUT2D eigenvalue weighted by Gasteiger charge is 2.37. The van der Waals surface area contributed by atoms with Crippen molar-refractivity contribution >= 4 is 11.6 Å². The molecule has 1 saturated heterocycles. The zero-order valence-corrected chi connectivity index (χ0v) is 9.63. The number of fused-ring (bicyclic) bond motifs is 4. The van der Waals surface area contributed by atoms with Crippen molar-refractivity contribution in [2.45, 2.75) is 18.9 Å². The average molecular weight is 229 g/mol. The number of aliphatic imine (C=N–C) groups is 1. The van der Waals surface area contributed by atoms with E-state index in [1.54, 1.807) is 6.07 Å². The molecule has 0 aliphatic carbocycles. The average Bonchev–Trinajstić information content (AvgIpc) is 2.66. The van der Waals surface area contributed by atoms with Crippen LogP contribution in [0.25, 0.3) is 0 Å². The van der Waals surface area contributed by atoms with E-state index in [0.717, 1.165) is 49.7 Å². The van der Waals surface area contributed by atoms with Gasteiger partial charge in [-0.3, -0.25) is 0 Å². The van der Waals surface area contributed by atoms with Crippen molar-refractivity contribution in [1.29, 1.82) is 0 Å². The van der Waals surface area contributed by atoms with Gasteiger partial charge in [0.15, 0.2) is 0 Å². The number of guanidine groups is 1. The SMILES string of the molecule is Oc1cccc2c1C1CCCN3CCN2C3=N1. The molecule has 3 aliphatic rings. The van der Waals surface area contributed by atoms with Gasteiger partial charge in [-0.05, 0) is 25.0 Å². The summed E-state index contributed by atoms with van der Waals surface area (Å²) in [5, 5.41) is 10.1. The van der Waals surface area contributed by atoms with E-state index >= 15 is 0 Å². The summed E-state index contributed by atoms with van der Waals surface area (Å²) in [5.41, 5.74) is 2.18. The van der Waals surface area contributed by atoms with Crippen LogP contribution in [-0.4, -0.2) is 35.6 Å². The number of aromatic hydroxyl groups is 1. The molecule has 4 nitrogen and oxygen atoms in total. The summed E-state index contributed by atoms with van der Waals surface area (Å²) >= 11 is 0. The highest BCUT2D eigenvalue weighted by Crippen LogP contribution is 2.44. The molecule has 4 heteroatoms. The van der Waals surface area contributed by atoms with Crippen LogP contribution in [0.5, 0.6) is 5.75 Å². The van der Waals surface area contributed by atoms with Gasteiger partial charge in [-0.15, -0.1) is 0 Å². The maximum absolute atomic E-state index is 10.1.